The largest absolute Gasteiger partial charge is 0.508 e. The van der Waals surface area contributed by atoms with Crippen molar-refractivity contribution in [2.75, 3.05) is 13.6 Å². The summed E-state index contributed by atoms with van der Waals surface area (Å²) in [6, 6.07) is 6.81. The SMILES string of the molecule is CCN(C)C(=O)C(C)NC(C)c1ccccc1O. The number of hydrogen-bond acceptors (Lipinski definition) is 3. The van der Waals surface area contributed by atoms with Crippen LogP contribution in [0.1, 0.15) is 32.4 Å². The molecule has 100 valence electrons. The highest BCUT2D eigenvalue weighted by atomic mass is 16.3. The number of carbonyl (C=O) groups is 1. The highest BCUT2D eigenvalue weighted by molar-refractivity contribution is 5.81. The fourth-order valence-corrected chi connectivity index (χ4v) is 1.88. The molecule has 1 rings (SSSR count). The van der Waals surface area contributed by atoms with Crippen LogP contribution in [0.3, 0.4) is 0 Å². The third kappa shape index (κ3) is 3.47. The van der Waals surface area contributed by atoms with Crippen LogP contribution in [0.15, 0.2) is 24.3 Å². The van der Waals surface area contributed by atoms with Gasteiger partial charge < -0.3 is 10.0 Å². The zero-order valence-corrected chi connectivity index (χ0v) is 11.5. The summed E-state index contributed by atoms with van der Waals surface area (Å²) in [5.74, 6) is 0.306. The van der Waals surface area contributed by atoms with Crippen LogP contribution in [-0.2, 0) is 4.79 Å². The molecule has 0 spiro atoms. The van der Waals surface area contributed by atoms with Crippen LogP contribution < -0.4 is 5.32 Å². The highest BCUT2D eigenvalue weighted by Crippen LogP contribution is 2.23. The first kappa shape index (κ1) is 14.5. The van der Waals surface area contributed by atoms with Crippen LogP contribution in [0.25, 0.3) is 0 Å². The Morgan fingerprint density at radius 2 is 2.00 bits per heavy atom. The molecule has 4 nitrogen and oxygen atoms in total. The number of carbonyl (C=O) groups excluding carboxylic acids is 1. The fraction of sp³-hybridized carbons (Fsp3) is 0.500. The highest BCUT2D eigenvalue weighted by Gasteiger charge is 2.19. The van der Waals surface area contributed by atoms with Crippen LogP contribution in [-0.4, -0.2) is 35.5 Å². The second kappa shape index (κ2) is 6.40. The minimum atomic E-state index is -0.274. The molecular weight excluding hydrogens is 228 g/mol. The Balaban J connectivity index is 2.68. The summed E-state index contributed by atoms with van der Waals surface area (Å²) in [4.78, 5) is 13.6. The molecule has 0 aromatic heterocycles. The molecule has 2 N–H and O–H groups in total. The van der Waals surface area contributed by atoms with Crippen LogP contribution >= 0.6 is 0 Å². The molecule has 1 aromatic carbocycles. The number of likely N-dealkylation sites (N-methyl/N-ethyl adjacent to an activating group) is 1. The van der Waals surface area contributed by atoms with Crippen molar-refractivity contribution in [1.29, 1.82) is 0 Å². The zero-order valence-electron chi connectivity index (χ0n) is 11.5. The zero-order chi connectivity index (χ0) is 13.7. The average molecular weight is 250 g/mol. The maximum Gasteiger partial charge on any atom is 0.239 e. The molecule has 4 heteroatoms. The van der Waals surface area contributed by atoms with Crippen molar-refractivity contribution in [2.45, 2.75) is 32.9 Å². The summed E-state index contributed by atoms with van der Waals surface area (Å²) in [5.41, 5.74) is 0.802. The summed E-state index contributed by atoms with van der Waals surface area (Å²) < 4.78 is 0. The molecule has 0 aliphatic heterocycles. The number of benzene rings is 1. The van der Waals surface area contributed by atoms with E-state index >= 15 is 0 Å². The molecule has 0 aliphatic carbocycles. The number of phenolic OH excluding ortho intramolecular Hbond substituents is 1. The third-order valence-electron chi connectivity index (χ3n) is 3.12. The smallest absolute Gasteiger partial charge is 0.239 e. The first-order valence-electron chi connectivity index (χ1n) is 6.26. The minimum Gasteiger partial charge on any atom is -0.508 e. The van der Waals surface area contributed by atoms with Gasteiger partial charge >= 0.3 is 0 Å². The Morgan fingerprint density at radius 3 is 2.56 bits per heavy atom. The molecule has 1 amide bonds. The number of rotatable bonds is 5. The van der Waals surface area contributed by atoms with E-state index in [1.807, 2.05) is 32.9 Å². The van der Waals surface area contributed by atoms with E-state index in [9.17, 15) is 9.90 Å². The van der Waals surface area contributed by atoms with Crippen molar-refractivity contribution >= 4 is 5.91 Å². The quantitative estimate of drug-likeness (QED) is 0.839. The van der Waals surface area contributed by atoms with Crippen molar-refractivity contribution in [2.24, 2.45) is 0 Å². The van der Waals surface area contributed by atoms with Gasteiger partial charge in [0.2, 0.25) is 5.91 Å². The van der Waals surface area contributed by atoms with Gasteiger partial charge in [0.05, 0.1) is 6.04 Å². The average Bonchev–Trinajstić information content (AvgIpc) is 2.37. The van der Waals surface area contributed by atoms with Gasteiger partial charge in [0, 0.05) is 25.2 Å². The van der Waals surface area contributed by atoms with Crippen LogP contribution in [0.2, 0.25) is 0 Å². The Hall–Kier alpha value is -1.55. The monoisotopic (exact) mass is 250 g/mol. The maximum atomic E-state index is 11.9. The van der Waals surface area contributed by atoms with Gasteiger partial charge in [-0.15, -0.1) is 0 Å². The normalized spacial score (nSPS) is 14.0. The van der Waals surface area contributed by atoms with Gasteiger partial charge in [-0.05, 0) is 26.8 Å². The van der Waals surface area contributed by atoms with E-state index in [-0.39, 0.29) is 23.7 Å². The summed E-state index contributed by atoms with van der Waals surface area (Å²) in [7, 11) is 1.78. The third-order valence-corrected chi connectivity index (χ3v) is 3.12. The van der Waals surface area contributed by atoms with E-state index in [2.05, 4.69) is 5.32 Å². The number of phenols is 1. The lowest BCUT2D eigenvalue weighted by molar-refractivity contribution is -0.131. The second-order valence-corrected chi connectivity index (χ2v) is 4.52. The molecule has 0 fully saturated rings. The molecule has 2 atom stereocenters. The van der Waals surface area contributed by atoms with E-state index in [0.717, 1.165) is 5.56 Å². The molecular formula is C14H22N2O2. The molecule has 0 saturated heterocycles. The van der Waals surface area contributed by atoms with E-state index in [0.29, 0.717) is 6.54 Å². The first-order valence-corrected chi connectivity index (χ1v) is 6.26. The number of nitrogens with one attached hydrogen (secondary N) is 1. The molecule has 0 saturated carbocycles. The van der Waals surface area contributed by atoms with Crippen molar-refractivity contribution in [3.05, 3.63) is 29.8 Å². The number of para-hydroxylation sites is 1. The number of amides is 1. The van der Waals surface area contributed by atoms with Gasteiger partial charge in [0.15, 0.2) is 0 Å². The Labute approximate surface area is 109 Å². The predicted molar refractivity (Wildman–Crippen MR) is 72.4 cm³/mol. The Morgan fingerprint density at radius 1 is 1.39 bits per heavy atom. The van der Waals surface area contributed by atoms with E-state index < -0.39 is 0 Å². The second-order valence-electron chi connectivity index (χ2n) is 4.52. The molecule has 0 heterocycles. The molecule has 0 bridgehead atoms. The lowest BCUT2D eigenvalue weighted by atomic mass is 10.1. The Bertz CT molecular complexity index is 407. The number of hydrogen-bond donors (Lipinski definition) is 2. The number of nitrogens with zero attached hydrogens (tertiary/aromatic N) is 1. The van der Waals surface area contributed by atoms with Gasteiger partial charge in [0.1, 0.15) is 5.75 Å². The molecule has 0 aliphatic rings. The predicted octanol–water partition coefficient (Wildman–Crippen LogP) is 1.91. The summed E-state index contributed by atoms with van der Waals surface area (Å²) in [6.07, 6.45) is 0. The molecule has 1 aromatic rings. The van der Waals surface area contributed by atoms with Crippen molar-refractivity contribution < 1.29 is 9.90 Å². The Kier molecular flexibility index (Phi) is 5.16. The summed E-state index contributed by atoms with van der Waals surface area (Å²) >= 11 is 0. The van der Waals surface area contributed by atoms with E-state index in [4.69, 9.17) is 0 Å². The summed E-state index contributed by atoms with van der Waals surface area (Å²) in [5, 5.41) is 13.0. The van der Waals surface area contributed by atoms with E-state index in [1.54, 1.807) is 24.1 Å². The van der Waals surface area contributed by atoms with Gasteiger partial charge in [-0.25, -0.2) is 0 Å². The fourth-order valence-electron chi connectivity index (χ4n) is 1.88. The maximum absolute atomic E-state index is 11.9. The van der Waals surface area contributed by atoms with Crippen LogP contribution in [0, 0.1) is 0 Å². The van der Waals surface area contributed by atoms with Crippen molar-refractivity contribution in [1.82, 2.24) is 10.2 Å². The van der Waals surface area contributed by atoms with E-state index in [1.165, 1.54) is 0 Å². The van der Waals surface area contributed by atoms with Crippen molar-refractivity contribution in [3.63, 3.8) is 0 Å². The lowest BCUT2D eigenvalue weighted by Crippen LogP contribution is -2.43. The molecule has 2 unspecified atom stereocenters. The van der Waals surface area contributed by atoms with Gasteiger partial charge in [-0.2, -0.15) is 0 Å². The first-order chi connectivity index (χ1) is 8.47. The van der Waals surface area contributed by atoms with Crippen molar-refractivity contribution in [3.8, 4) is 5.75 Å². The topological polar surface area (TPSA) is 52.6 Å². The summed E-state index contributed by atoms with van der Waals surface area (Å²) in [6.45, 7) is 6.41. The number of aromatic hydroxyl groups is 1. The van der Waals surface area contributed by atoms with Gasteiger partial charge in [-0.1, -0.05) is 18.2 Å². The molecule has 18 heavy (non-hydrogen) atoms. The van der Waals surface area contributed by atoms with Gasteiger partial charge in [-0.3, -0.25) is 10.1 Å². The minimum absolute atomic E-state index is 0.0553. The van der Waals surface area contributed by atoms with Gasteiger partial charge in [0.25, 0.3) is 0 Å². The molecule has 0 radical (unpaired) electrons. The lowest BCUT2D eigenvalue weighted by Gasteiger charge is -2.24. The van der Waals surface area contributed by atoms with Crippen LogP contribution in [0.4, 0.5) is 0 Å². The standard InChI is InChI=1S/C14H22N2O2/c1-5-16(4)14(18)11(3)15-10(2)12-8-6-7-9-13(12)17/h6-11,15,17H,5H2,1-4H3. The van der Waals surface area contributed by atoms with Crippen LogP contribution in [0.5, 0.6) is 5.75 Å².